The molecule has 2 heterocycles. The van der Waals surface area contributed by atoms with Crippen molar-refractivity contribution in [1.29, 1.82) is 0 Å². The van der Waals surface area contributed by atoms with E-state index in [9.17, 15) is 0 Å². The van der Waals surface area contributed by atoms with Gasteiger partial charge in [0.05, 0.1) is 36.6 Å². The summed E-state index contributed by atoms with van der Waals surface area (Å²) in [6, 6.07) is 15.6. The van der Waals surface area contributed by atoms with Gasteiger partial charge in [-0.1, -0.05) is 11.6 Å². The number of hydrogen-bond acceptors (Lipinski definition) is 5. The summed E-state index contributed by atoms with van der Waals surface area (Å²) in [5, 5.41) is 9.75. The highest BCUT2D eigenvalue weighted by atomic mass is 35.5. The maximum Gasteiger partial charge on any atom is 0.119 e. The number of benzene rings is 2. The molecule has 0 fully saturated rings. The van der Waals surface area contributed by atoms with Crippen molar-refractivity contribution >= 4 is 39.1 Å². The van der Waals surface area contributed by atoms with Gasteiger partial charge < -0.3 is 19.8 Å². The van der Waals surface area contributed by atoms with Crippen LogP contribution >= 0.6 is 11.6 Å². The fourth-order valence-corrected chi connectivity index (χ4v) is 3.43. The highest BCUT2D eigenvalue weighted by Gasteiger charge is 2.10. The highest BCUT2D eigenvalue weighted by Crippen LogP contribution is 2.34. The molecule has 0 amide bonds. The van der Waals surface area contributed by atoms with Gasteiger partial charge in [0.2, 0.25) is 0 Å². The smallest absolute Gasteiger partial charge is 0.119 e. The van der Waals surface area contributed by atoms with E-state index in [0.29, 0.717) is 5.02 Å². The van der Waals surface area contributed by atoms with Gasteiger partial charge in [0.1, 0.15) is 11.5 Å². The fraction of sp³-hybridized carbons (Fsp3) is 0.227. The van der Waals surface area contributed by atoms with E-state index in [4.69, 9.17) is 25.7 Å². The standard InChI is InChI=1S/C22H22ClN3O2/c1-27-16-6-8-20-19(13-16)22(18-7-5-15(23)12-21(18)26-20)25-10-3-9-24-14-17-4-2-11-28-17/h2,4-8,11-13,24H,3,9-10,14H2,1H3,(H,25,26). The van der Waals surface area contributed by atoms with Crippen LogP contribution in [0, 0.1) is 0 Å². The molecule has 0 saturated heterocycles. The Morgan fingerprint density at radius 1 is 1.04 bits per heavy atom. The molecule has 5 nitrogen and oxygen atoms in total. The summed E-state index contributed by atoms with van der Waals surface area (Å²) in [6.45, 7) is 2.47. The van der Waals surface area contributed by atoms with E-state index in [1.54, 1.807) is 13.4 Å². The molecule has 0 atom stereocenters. The minimum Gasteiger partial charge on any atom is -0.497 e. The summed E-state index contributed by atoms with van der Waals surface area (Å²) in [4.78, 5) is 4.76. The topological polar surface area (TPSA) is 59.3 Å². The van der Waals surface area contributed by atoms with Crippen molar-refractivity contribution < 1.29 is 9.15 Å². The summed E-state index contributed by atoms with van der Waals surface area (Å²) in [5.74, 6) is 1.76. The molecule has 2 N–H and O–H groups in total. The molecule has 28 heavy (non-hydrogen) atoms. The van der Waals surface area contributed by atoms with Crippen LogP contribution in [0.2, 0.25) is 5.02 Å². The first kappa shape index (κ1) is 18.6. The first-order valence-electron chi connectivity index (χ1n) is 9.28. The van der Waals surface area contributed by atoms with E-state index in [-0.39, 0.29) is 0 Å². The lowest BCUT2D eigenvalue weighted by molar-refractivity contribution is 0.415. The number of nitrogens with one attached hydrogen (secondary N) is 2. The number of hydrogen-bond donors (Lipinski definition) is 2. The molecule has 0 aliphatic carbocycles. The van der Waals surface area contributed by atoms with Gasteiger partial charge in [-0.3, -0.25) is 0 Å². The zero-order chi connectivity index (χ0) is 19.3. The molecular formula is C22H22ClN3O2. The number of halogens is 1. The van der Waals surface area contributed by atoms with Crippen molar-refractivity contribution in [1.82, 2.24) is 10.3 Å². The van der Waals surface area contributed by atoms with E-state index in [0.717, 1.165) is 65.1 Å². The number of nitrogens with zero attached hydrogens (tertiary/aromatic N) is 1. The van der Waals surface area contributed by atoms with Gasteiger partial charge in [0, 0.05) is 22.3 Å². The molecule has 4 rings (SSSR count). The van der Waals surface area contributed by atoms with Gasteiger partial charge in [0.15, 0.2) is 0 Å². The number of anilines is 1. The molecule has 0 saturated carbocycles. The molecule has 0 aliphatic heterocycles. The Morgan fingerprint density at radius 3 is 2.79 bits per heavy atom. The first-order valence-corrected chi connectivity index (χ1v) is 9.66. The van der Waals surface area contributed by atoms with Gasteiger partial charge in [-0.25, -0.2) is 4.98 Å². The summed E-state index contributed by atoms with van der Waals surface area (Å²) >= 11 is 6.18. The van der Waals surface area contributed by atoms with Crippen LogP contribution in [0.4, 0.5) is 5.69 Å². The van der Waals surface area contributed by atoms with Crippen LogP contribution in [-0.4, -0.2) is 25.2 Å². The van der Waals surface area contributed by atoms with Crippen molar-refractivity contribution in [3.05, 3.63) is 65.6 Å². The zero-order valence-corrected chi connectivity index (χ0v) is 16.4. The number of ether oxygens (including phenoxy) is 1. The largest absolute Gasteiger partial charge is 0.497 e. The highest BCUT2D eigenvalue weighted by molar-refractivity contribution is 6.31. The third kappa shape index (κ3) is 4.06. The predicted molar refractivity (Wildman–Crippen MR) is 114 cm³/mol. The Kier molecular flexibility index (Phi) is 5.65. The van der Waals surface area contributed by atoms with Gasteiger partial charge in [0.25, 0.3) is 0 Å². The number of furan rings is 1. The number of rotatable bonds is 8. The Morgan fingerprint density at radius 2 is 1.96 bits per heavy atom. The maximum absolute atomic E-state index is 6.18. The Labute approximate surface area is 168 Å². The van der Waals surface area contributed by atoms with Crippen LogP contribution < -0.4 is 15.4 Å². The Bertz CT molecular complexity index is 1080. The maximum atomic E-state index is 6.18. The van der Waals surface area contributed by atoms with E-state index in [1.807, 2.05) is 48.5 Å². The molecule has 6 heteroatoms. The monoisotopic (exact) mass is 395 g/mol. The molecule has 0 aliphatic rings. The summed E-state index contributed by atoms with van der Waals surface area (Å²) in [5.41, 5.74) is 2.85. The molecule has 0 unspecified atom stereocenters. The number of fused-ring (bicyclic) bond motifs is 2. The normalized spacial score (nSPS) is 11.2. The van der Waals surface area contributed by atoms with E-state index < -0.39 is 0 Å². The Balaban J connectivity index is 1.52. The number of methoxy groups -OCH3 is 1. The van der Waals surface area contributed by atoms with Crippen molar-refractivity contribution in [2.45, 2.75) is 13.0 Å². The summed E-state index contributed by atoms with van der Waals surface area (Å²) in [6.07, 6.45) is 2.67. The van der Waals surface area contributed by atoms with Crippen LogP contribution in [0.1, 0.15) is 12.2 Å². The molecule has 2 aromatic carbocycles. The SMILES string of the molecule is COc1ccc2nc3cc(Cl)ccc3c(NCCCNCc3ccco3)c2c1. The summed E-state index contributed by atoms with van der Waals surface area (Å²) in [7, 11) is 1.67. The quantitative estimate of drug-likeness (QED) is 0.316. The Hall–Kier alpha value is -2.76. The van der Waals surface area contributed by atoms with Crippen molar-refractivity contribution in [2.75, 3.05) is 25.5 Å². The van der Waals surface area contributed by atoms with E-state index in [2.05, 4.69) is 10.6 Å². The van der Waals surface area contributed by atoms with Gasteiger partial charge in [-0.2, -0.15) is 0 Å². The average molecular weight is 396 g/mol. The molecule has 4 aromatic rings. The fourth-order valence-electron chi connectivity index (χ4n) is 3.27. The van der Waals surface area contributed by atoms with Crippen molar-refractivity contribution in [2.24, 2.45) is 0 Å². The van der Waals surface area contributed by atoms with E-state index in [1.165, 1.54) is 0 Å². The minimum absolute atomic E-state index is 0.681. The van der Waals surface area contributed by atoms with Crippen LogP contribution in [0.5, 0.6) is 5.75 Å². The first-order chi connectivity index (χ1) is 13.7. The second-order valence-electron chi connectivity index (χ2n) is 6.57. The predicted octanol–water partition coefficient (Wildman–Crippen LogP) is 5.23. The molecule has 0 radical (unpaired) electrons. The molecule has 0 spiro atoms. The number of aromatic nitrogens is 1. The third-order valence-corrected chi connectivity index (χ3v) is 4.89. The average Bonchev–Trinajstić information content (AvgIpc) is 3.22. The second kappa shape index (κ2) is 8.50. The lowest BCUT2D eigenvalue weighted by Gasteiger charge is -2.14. The van der Waals surface area contributed by atoms with Crippen LogP contribution in [0.25, 0.3) is 21.8 Å². The lowest BCUT2D eigenvalue weighted by atomic mass is 10.1. The van der Waals surface area contributed by atoms with Crippen LogP contribution in [0.15, 0.2) is 59.2 Å². The van der Waals surface area contributed by atoms with Crippen molar-refractivity contribution in [3.63, 3.8) is 0 Å². The van der Waals surface area contributed by atoms with Gasteiger partial charge >= 0.3 is 0 Å². The van der Waals surface area contributed by atoms with Gasteiger partial charge in [-0.05, 0) is 61.5 Å². The molecule has 144 valence electrons. The van der Waals surface area contributed by atoms with Crippen molar-refractivity contribution in [3.8, 4) is 5.75 Å². The third-order valence-electron chi connectivity index (χ3n) is 4.65. The van der Waals surface area contributed by atoms with Crippen LogP contribution in [-0.2, 0) is 6.54 Å². The molecule has 0 bridgehead atoms. The van der Waals surface area contributed by atoms with E-state index >= 15 is 0 Å². The second-order valence-corrected chi connectivity index (χ2v) is 7.00. The summed E-state index contributed by atoms with van der Waals surface area (Å²) < 4.78 is 10.7. The van der Waals surface area contributed by atoms with Gasteiger partial charge in [-0.15, -0.1) is 0 Å². The molecule has 2 aromatic heterocycles. The zero-order valence-electron chi connectivity index (χ0n) is 15.7. The number of pyridine rings is 1. The molecular weight excluding hydrogens is 374 g/mol. The minimum atomic E-state index is 0.681. The lowest BCUT2D eigenvalue weighted by Crippen LogP contribution is -2.17. The van der Waals surface area contributed by atoms with Crippen LogP contribution in [0.3, 0.4) is 0 Å².